The van der Waals surface area contributed by atoms with Crippen LogP contribution < -0.4 is 10.5 Å². The lowest BCUT2D eigenvalue weighted by Crippen LogP contribution is -2.40. The minimum atomic E-state index is -0.442. The molecule has 2 saturated carbocycles. The van der Waals surface area contributed by atoms with Crippen LogP contribution in [0.1, 0.15) is 57.4 Å². The Balaban J connectivity index is 1.59. The van der Waals surface area contributed by atoms with Gasteiger partial charge in [0.05, 0.1) is 13.7 Å². The highest BCUT2D eigenvalue weighted by Crippen LogP contribution is 2.40. The smallest absolute Gasteiger partial charge is 0.168 e. The molecule has 0 amide bonds. The van der Waals surface area contributed by atoms with E-state index in [-0.39, 0.29) is 12.4 Å². The number of rotatable bonds is 7. The van der Waals surface area contributed by atoms with E-state index in [9.17, 15) is 9.50 Å². The van der Waals surface area contributed by atoms with Crippen molar-refractivity contribution in [1.29, 1.82) is 0 Å². The topological polar surface area (TPSA) is 55.5 Å². The third-order valence-corrected chi connectivity index (χ3v) is 7.02. The minimum Gasteiger partial charge on any atom is -0.494 e. The molecule has 0 unspecified atom stereocenters. The number of allylic oxidation sites excluding steroid dienone is 5. The molecule has 0 aliphatic heterocycles. The van der Waals surface area contributed by atoms with Crippen LogP contribution in [-0.2, 0) is 6.42 Å². The summed E-state index contributed by atoms with van der Waals surface area (Å²) >= 11 is 0. The van der Waals surface area contributed by atoms with Gasteiger partial charge in [-0.3, -0.25) is 0 Å². The Kier molecular flexibility index (Phi) is 7.54. The van der Waals surface area contributed by atoms with E-state index in [0.29, 0.717) is 17.6 Å². The molecule has 0 bridgehead atoms. The van der Waals surface area contributed by atoms with Crippen LogP contribution in [0, 0.1) is 17.7 Å². The molecule has 0 spiro atoms. The molecular weight excluding hydrogens is 377 g/mol. The van der Waals surface area contributed by atoms with Crippen LogP contribution in [0.2, 0.25) is 0 Å². The predicted octanol–water partition coefficient (Wildman–Crippen LogP) is 5.49. The first-order chi connectivity index (χ1) is 14.4. The summed E-state index contributed by atoms with van der Waals surface area (Å²) in [6.07, 6.45) is 12.0. The van der Waals surface area contributed by atoms with Crippen LogP contribution in [0.5, 0.6) is 5.75 Å². The van der Waals surface area contributed by atoms with E-state index in [1.54, 1.807) is 6.07 Å². The van der Waals surface area contributed by atoms with Gasteiger partial charge < -0.3 is 15.6 Å². The number of methoxy groups -OCH3 is 1. The Morgan fingerprint density at radius 1 is 1.37 bits per heavy atom. The number of hydrogen-bond donors (Lipinski definition) is 2. The average molecular weight is 414 g/mol. The van der Waals surface area contributed by atoms with E-state index in [1.165, 1.54) is 18.3 Å². The lowest BCUT2D eigenvalue weighted by Gasteiger charge is -2.28. The largest absolute Gasteiger partial charge is 0.494 e. The van der Waals surface area contributed by atoms with Crippen LogP contribution in [0.15, 0.2) is 53.6 Å². The third kappa shape index (κ3) is 5.22. The van der Waals surface area contributed by atoms with E-state index in [4.69, 9.17) is 10.5 Å². The van der Waals surface area contributed by atoms with Crippen molar-refractivity contribution >= 4 is 0 Å². The van der Waals surface area contributed by atoms with Crippen molar-refractivity contribution in [1.82, 2.24) is 0 Å². The number of halogens is 1. The molecule has 0 radical (unpaired) electrons. The maximum Gasteiger partial charge on any atom is 0.168 e. The quantitative estimate of drug-likeness (QED) is 0.622. The SMILES string of the molecule is C=C(/C=C1/CC[C@@H](CCc2cccc(OC)c2F)C/C1=C/C)[C@H]1CC[C@](N)(CO)C1. The zero-order chi connectivity index (χ0) is 21.7. The number of aliphatic hydroxyl groups is 1. The van der Waals surface area contributed by atoms with Crippen molar-refractivity contribution in [3.63, 3.8) is 0 Å². The third-order valence-electron chi connectivity index (χ3n) is 7.02. The van der Waals surface area contributed by atoms with Crippen LogP contribution in [0.25, 0.3) is 0 Å². The summed E-state index contributed by atoms with van der Waals surface area (Å²) in [5.41, 5.74) is 10.4. The highest BCUT2D eigenvalue weighted by molar-refractivity contribution is 5.39. The molecule has 0 aromatic heterocycles. The number of benzene rings is 1. The molecule has 1 aromatic carbocycles. The van der Waals surface area contributed by atoms with Gasteiger partial charge in [-0.05, 0) is 92.9 Å². The molecule has 0 saturated heterocycles. The number of aryl methyl sites for hydroxylation is 1. The number of hydrogen-bond acceptors (Lipinski definition) is 3. The maximum atomic E-state index is 14.4. The summed E-state index contributed by atoms with van der Waals surface area (Å²) in [5.74, 6) is 1.02. The van der Waals surface area contributed by atoms with Crippen molar-refractivity contribution in [3.8, 4) is 5.75 Å². The van der Waals surface area contributed by atoms with Crippen molar-refractivity contribution in [2.24, 2.45) is 17.6 Å². The first-order valence-corrected chi connectivity index (χ1v) is 11.1. The van der Waals surface area contributed by atoms with Crippen LogP contribution >= 0.6 is 0 Å². The van der Waals surface area contributed by atoms with E-state index >= 15 is 0 Å². The van der Waals surface area contributed by atoms with Crippen LogP contribution in [0.4, 0.5) is 4.39 Å². The highest BCUT2D eigenvalue weighted by atomic mass is 19.1. The maximum absolute atomic E-state index is 14.4. The summed E-state index contributed by atoms with van der Waals surface area (Å²) in [7, 11) is 1.51. The first kappa shape index (κ1) is 22.8. The molecule has 1 aromatic rings. The molecule has 2 fully saturated rings. The average Bonchev–Trinajstić information content (AvgIpc) is 3.16. The zero-order valence-corrected chi connectivity index (χ0v) is 18.4. The summed E-state index contributed by atoms with van der Waals surface area (Å²) in [5, 5.41) is 9.53. The van der Waals surface area contributed by atoms with Gasteiger partial charge in [0.15, 0.2) is 11.6 Å². The molecule has 30 heavy (non-hydrogen) atoms. The van der Waals surface area contributed by atoms with E-state index in [1.807, 2.05) is 12.1 Å². The summed E-state index contributed by atoms with van der Waals surface area (Å²) in [6, 6.07) is 5.39. The standard InChI is InChI=1S/C26H36FNO2/c1-4-20-15-19(8-10-21-6-5-7-24(30-3)25(21)27)9-11-22(20)14-18(2)23-12-13-26(28,16-23)17-29/h4-7,14,19,23,29H,2,8-13,15-17,28H2,1,3H3/b20-4-,22-14-/t19-,23+,26-/m1/s1. The Morgan fingerprint density at radius 3 is 2.83 bits per heavy atom. The first-order valence-electron chi connectivity index (χ1n) is 11.1. The highest BCUT2D eigenvalue weighted by Gasteiger charge is 2.36. The van der Waals surface area contributed by atoms with Crippen molar-refractivity contribution in [2.75, 3.05) is 13.7 Å². The molecule has 3 atom stereocenters. The molecule has 3 nitrogen and oxygen atoms in total. The molecule has 3 N–H and O–H groups in total. The summed E-state index contributed by atoms with van der Waals surface area (Å²) < 4.78 is 19.5. The molecule has 3 rings (SSSR count). The van der Waals surface area contributed by atoms with Crippen molar-refractivity contribution < 1.29 is 14.2 Å². The van der Waals surface area contributed by atoms with Gasteiger partial charge in [0, 0.05) is 5.54 Å². The molecule has 164 valence electrons. The van der Waals surface area contributed by atoms with E-state index in [0.717, 1.165) is 62.5 Å². The zero-order valence-electron chi connectivity index (χ0n) is 18.4. The van der Waals surface area contributed by atoms with Gasteiger partial charge in [0.2, 0.25) is 0 Å². The van der Waals surface area contributed by atoms with Gasteiger partial charge in [-0.2, -0.15) is 0 Å². The molecule has 0 heterocycles. The van der Waals surface area contributed by atoms with Crippen molar-refractivity contribution in [3.05, 3.63) is 65.0 Å². The van der Waals surface area contributed by atoms with Gasteiger partial charge in [-0.15, -0.1) is 0 Å². The second kappa shape index (κ2) is 9.93. The second-order valence-corrected chi connectivity index (χ2v) is 9.10. The van der Waals surface area contributed by atoms with Crippen LogP contribution in [0.3, 0.4) is 0 Å². The van der Waals surface area contributed by atoms with Crippen LogP contribution in [-0.4, -0.2) is 24.4 Å². The van der Waals surface area contributed by atoms with Gasteiger partial charge in [0.25, 0.3) is 0 Å². The molecule has 4 heteroatoms. The van der Waals surface area contributed by atoms with Gasteiger partial charge in [-0.1, -0.05) is 36.4 Å². The molecular formula is C26H36FNO2. The monoisotopic (exact) mass is 413 g/mol. The Labute approximate surface area is 180 Å². The predicted molar refractivity (Wildman–Crippen MR) is 121 cm³/mol. The van der Waals surface area contributed by atoms with Crippen molar-refractivity contribution in [2.45, 2.75) is 63.8 Å². The fourth-order valence-corrected chi connectivity index (χ4v) is 5.00. The van der Waals surface area contributed by atoms with Gasteiger partial charge in [0.1, 0.15) is 0 Å². The summed E-state index contributed by atoms with van der Waals surface area (Å²) in [6.45, 7) is 6.47. The number of nitrogens with two attached hydrogens (primary N) is 1. The lowest BCUT2D eigenvalue weighted by molar-refractivity contribution is 0.197. The van der Waals surface area contributed by atoms with Gasteiger partial charge >= 0.3 is 0 Å². The number of ether oxygens (including phenoxy) is 1. The molecule has 2 aliphatic rings. The minimum absolute atomic E-state index is 0.0447. The normalized spacial score (nSPS) is 29.5. The van der Waals surface area contributed by atoms with Gasteiger partial charge in [-0.25, -0.2) is 4.39 Å². The van der Waals surface area contributed by atoms with E-state index < -0.39 is 5.54 Å². The fraction of sp³-hybridized carbons (Fsp3) is 0.538. The Bertz CT molecular complexity index is 828. The lowest BCUT2D eigenvalue weighted by atomic mass is 9.78. The second-order valence-electron chi connectivity index (χ2n) is 9.10. The summed E-state index contributed by atoms with van der Waals surface area (Å²) in [4.78, 5) is 0. The fourth-order valence-electron chi connectivity index (χ4n) is 5.00. The number of aliphatic hydroxyl groups excluding tert-OH is 1. The Hall–Kier alpha value is -1.91. The molecule has 2 aliphatic carbocycles. The Morgan fingerprint density at radius 2 is 2.17 bits per heavy atom. The van der Waals surface area contributed by atoms with E-state index in [2.05, 4.69) is 25.7 Å².